The molecule has 4 amide bonds. The lowest BCUT2D eigenvalue weighted by atomic mass is 10.0. The number of aromatic amines is 2. The van der Waals surface area contributed by atoms with Crippen LogP contribution in [0.25, 0.3) is 33.6 Å². The number of alkyl carbamates (subject to hydrolysis) is 1. The van der Waals surface area contributed by atoms with Crippen LogP contribution in [0.5, 0.6) is 0 Å². The smallest absolute Gasteiger partial charge is 0.407 e. The van der Waals surface area contributed by atoms with E-state index in [0.29, 0.717) is 42.3 Å². The van der Waals surface area contributed by atoms with Gasteiger partial charge in [0.1, 0.15) is 23.7 Å². The normalized spacial score (nSPS) is 17.2. The topological polar surface area (TPSA) is 186 Å². The molecular formula is C46H46N8O6. The lowest BCUT2D eigenvalue weighted by Gasteiger charge is -2.28. The Hall–Kier alpha value is -7.22. The monoisotopic (exact) mass is 806 g/mol. The number of methoxy groups -OCH3 is 1. The second-order valence-corrected chi connectivity index (χ2v) is 15.1. The maximum absolute atomic E-state index is 13.9. The Kier molecular flexibility index (Phi) is 11.4. The van der Waals surface area contributed by atoms with Gasteiger partial charge >= 0.3 is 12.2 Å². The molecule has 2 saturated heterocycles. The van der Waals surface area contributed by atoms with E-state index in [4.69, 9.17) is 14.7 Å². The molecule has 6 aromatic rings. The van der Waals surface area contributed by atoms with Gasteiger partial charge in [0.2, 0.25) is 0 Å². The first kappa shape index (κ1) is 39.6. The zero-order valence-electron chi connectivity index (χ0n) is 33.3. The Bertz CT molecular complexity index is 2470. The van der Waals surface area contributed by atoms with Crippen LogP contribution in [0.2, 0.25) is 0 Å². The van der Waals surface area contributed by atoms with Crippen LogP contribution in [0.15, 0.2) is 115 Å². The van der Waals surface area contributed by atoms with Gasteiger partial charge in [-0.15, -0.1) is 0 Å². The maximum Gasteiger partial charge on any atom is 0.407 e. The minimum atomic E-state index is -1.26. The van der Waals surface area contributed by atoms with Crippen molar-refractivity contribution < 1.29 is 29.0 Å². The van der Waals surface area contributed by atoms with E-state index in [1.54, 1.807) is 40.3 Å². The minimum Gasteiger partial charge on any atom is -0.465 e. The number of amides is 4. The first-order valence-corrected chi connectivity index (χ1v) is 20.1. The molecule has 14 nitrogen and oxygen atoms in total. The van der Waals surface area contributed by atoms with Gasteiger partial charge in [0.15, 0.2) is 0 Å². The fraction of sp³-hybridized carbons (Fsp3) is 0.261. The van der Waals surface area contributed by atoms with Crippen molar-refractivity contribution in [2.24, 2.45) is 0 Å². The summed E-state index contributed by atoms with van der Waals surface area (Å²) in [6.07, 6.45) is 2.90. The number of nitrogens with one attached hydrogen (secondary N) is 4. The molecule has 8 rings (SSSR count). The highest BCUT2D eigenvalue weighted by Crippen LogP contribution is 2.37. The number of likely N-dealkylation sites (tertiary alicyclic amines) is 2. The van der Waals surface area contributed by atoms with Crippen LogP contribution in [0.4, 0.5) is 9.59 Å². The average Bonchev–Trinajstić information content (AvgIpc) is 4.12. The molecule has 0 aliphatic carbocycles. The number of rotatable bonds is 11. The number of carbonyl (C=O) groups excluding carboxylic acids is 3. The fourth-order valence-electron chi connectivity index (χ4n) is 8.37. The molecule has 2 aliphatic heterocycles. The Labute approximate surface area is 347 Å². The van der Waals surface area contributed by atoms with Crippen molar-refractivity contribution in [2.75, 3.05) is 20.2 Å². The molecule has 0 bridgehead atoms. The SMILES string of the molecule is COC(=O)N[C@@H](C(=O)N1CCC[C@H]1c1ncc(-c2ccc(-c3ccc(-c4nc([C@@H]5CCCN5C(=O)[C@H](NC(=O)O)c5ccccc5)[nH]c4C)cc3)cc2)[nH]1)c1ccccc1. The van der Waals surface area contributed by atoms with Gasteiger partial charge in [-0.2, -0.15) is 0 Å². The van der Waals surface area contributed by atoms with Gasteiger partial charge in [-0.1, -0.05) is 109 Å². The second kappa shape index (κ2) is 17.3. The van der Waals surface area contributed by atoms with E-state index in [0.717, 1.165) is 58.6 Å². The van der Waals surface area contributed by atoms with Gasteiger partial charge in [-0.25, -0.2) is 19.6 Å². The molecule has 2 aromatic heterocycles. The number of nitrogens with zero attached hydrogens (tertiary/aromatic N) is 4. The summed E-state index contributed by atoms with van der Waals surface area (Å²) in [7, 11) is 1.28. The number of imidazole rings is 2. The largest absolute Gasteiger partial charge is 0.465 e. The number of hydrogen-bond acceptors (Lipinski definition) is 7. The summed E-state index contributed by atoms with van der Waals surface area (Å²) in [6.45, 7) is 3.01. The number of aromatic nitrogens is 4. The summed E-state index contributed by atoms with van der Waals surface area (Å²) < 4.78 is 4.83. The van der Waals surface area contributed by atoms with Crippen molar-refractivity contribution in [3.63, 3.8) is 0 Å². The number of ether oxygens (including phenoxy) is 1. The van der Waals surface area contributed by atoms with Gasteiger partial charge < -0.3 is 40.2 Å². The second-order valence-electron chi connectivity index (χ2n) is 15.1. The first-order valence-electron chi connectivity index (χ1n) is 20.1. The molecule has 4 heterocycles. The fourth-order valence-corrected chi connectivity index (χ4v) is 8.37. The average molecular weight is 807 g/mol. The zero-order chi connectivity index (χ0) is 41.8. The van der Waals surface area contributed by atoms with Gasteiger partial charge in [0.05, 0.1) is 36.8 Å². The van der Waals surface area contributed by atoms with Crippen LogP contribution >= 0.6 is 0 Å². The van der Waals surface area contributed by atoms with Crippen LogP contribution in [0.3, 0.4) is 0 Å². The highest BCUT2D eigenvalue weighted by atomic mass is 16.5. The quantitative estimate of drug-likeness (QED) is 0.0875. The predicted molar refractivity (Wildman–Crippen MR) is 224 cm³/mol. The van der Waals surface area contributed by atoms with Crippen LogP contribution < -0.4 is 10.6 Å². The summed E-state index contributed by atoms with van der Waals surface area (Å²) in [6, 6.07) is 32.0. The van der Waals surface area contributed by atoms with Crippen molar-refractivity contribution >= 4 is 24.0 Å². The molecular weight excluding hydrogens is 761 g/mol. The van der Waals surface area contributed by atoms with E-state index < -0.39 is 24.3 Å². The lowest BCUT2D eigenvalue weighted by molar-refractivity contribution is -0.135. The summed E-state index contributed by atoms with van der Waals surface area (Å²) in [5.74, 6) is 0.843. The van der Waals surface area contributed by atoms with Gasteiger partial charge in [0, 0.05) is 24.3 Å². The number of benzene rings is 4. The lowest BCUT2D eigenvalue weighted by Crippen LogP contribution is -2.42. The number of hydrogen-bond donors (Lipinski definition) is 5. The standard InChI is InChI=1S/C46H46N8O6/c1-28-38(50-42(48-28)37-16-10-26-54(37)43(55)39(51-45(57)58)32-11-5-3-6-12-32)34-23-19-30(20-24-34)29-17-21-31(22-18-29)35-27-47-41(49-35)36-15-9-25-53(36)44(56)40(52-46(59)60-2)33-13-7-4-8-14-33/h3-8,11-14,17-24,27,36-37,39-40,51H,9-10,15-16,25-26H2,1-2H3,(H,47,49)(H,48,50)(H,52,59)(H,57,58)/t36-,37-,39+,40+/m0/s1. The maximum atomic E-state index is 13.9. The molecule has 0 saturated carbocycles. The summed E-state index contributed by atoms with van der Waals surface area (Å²) >= 11 is 0. The van der Waals surface area contributed by atoms with E-state index in [-0.39, 0.29) is 23.9 Å². The first-order chi connectivity index (χ1) is 29.2. The molecule has 14 heteroatoms. The van der Waals surface area contributed by atoms with E-state index in [1.807, 2.05) is 67.6 Å². The van der Waals surface area contributed by atoms with Crippen molar-refractivity contribution in [3.8, 4) is 33.6 Å². The van der Waals surface area contributed by atoms with E-state index in [1.165, 1.54) is 7.11 Å². The number of carbonyl (C=O) groups is 4. The molecule has 60 heavy (non-hydrogen) atoms. The molecule has 2 aliphatic rings. The van der Waals surface area contributed by atoms with Gasteiger partial charge in [-0.05, 0) is 60.4 Å². The third-order valence-corrected chi connectivity index (χ3v) is 11.4. The minimum absolute atomic E-state index is 0.220. The third-order valence-electron chi connectivity index (χ3n) is 11.4. The zero-order valence-corrected chi connectivity index (χ0v) is 33.3. The van der Waals surface area contributed by atoms with Crippen LogP contribution in [0.1, 0.15) is 78.3 Å². The molecule has 4 atom stereocenters. The van der Waals surface area contributed by atoms with Gasteiger partial charge in [-0.3, -0.25) is 9.59 Å². The molecule has 0 spiro atoms. The van der Waals surface area contributed by atoms with E-state index in [2.05, 4.69) is 44.9 Å². The Balaban J connectivity index is 0.944. The van der Waals surface area contributed by atoms with Crippen molar-refractivity contribution in [1.29, 1.82) is 0 Å². The van der Waals surface area contributed by atoms with Crippen LogP contribution in [-0.2, 0) is 14.3 Å². The van der Waals surface area contributed by atoms with Crippen molar-refractivity contribution in [1.82, 2.24) is 40.4 Å². The predicted octanol–water partition coefficient (Wildman–Crippen LogP) is 7.88. The number of carboxylic acid groups (broad SMARTS) is 1. The van der Waals surface area contributed by atoms with Crippen LogP contribution in [0, 0.1) is 6.92 Å². The Morgan fingerprint density at radius 2 is 1.18 bits per heavy atom. The molecule has 5 N–H and O–H groups in total. The Morgan fingerprint density at radius 1 is 0.683 bits per heavy atom. The molecule has 0 unspecified atom stereocenters. The number of H-pyrrole nitrogens is 2. The van der Waals surface area contributed by atoms with E-state index >= 15 is 0 Å². The number of aryl methyl sites for hydroxylation is 1. The summed E-state index contributed by atoms with van der Waals surface area (Å²) in [4.78, 5) is 71.7. The van der Waals surface area contributed by atoms with Crippen molar-refractivity contribution in [2.45, 2.75) is 56.8 Å². The molecule has 306 valence electrons. The molecule has 4 aromatic carbocycles. The summed E-state index contributed by atoms with van der Waals surface area (Å²) in [5, 5.41) is 14.7. The Morgan fingerprint density at radius 3 is 1.72 bits per heavy atom. The highest BCUT2D eigenvalue weighted by Gasteiger charge is 2.38. The third kappa shape index (κ3) is 8.21. The molecule has 2 fully saturated rings. The van der Waals surface area contributed by atoms with Crippen LogP contribution in [-0.4, -0.2) is 79.0 Å². The van der Waals surface area contributed by atoms with Crippen molar-refractivity contribution in [3.05, 3.63) is 144 Å². The molecule has 0 radical (unpaired) electrons. The van der Waals surface area contributed by atoms with Gasteiger partial charge in [0.25, 0.3) is 11.8 Å². The highest BCUT2D eigenvalue weighted by molar-refractivity contribution is 5.88. The van der Waals surface area contributed by atoms with E-state index in [9.17, 15) is 24.3 Å². The summed E-state index contributed by atoms with van der Waals surface area (Å²) in [5.41, 5.74) is 7.71.